The molecule has 1 amide bonds. The van der Waals surface area contributed by atoms with Crippen LogP contribution in [0.5, 0.6) is 0 Å². The minimum atomic E-state index is -0.202. The van der Waals surface area contributed by atoms with Gasteiger partial charge in [-0.05, 0) is 42.7 Å². The number of ether oxygens (including phenoxy) is 1. The molecule has 1 fully saturated rings. The summed E-state index contributed by atoms with van der Waals surface area (Å²) in [5.74, 6) is -0.125. The molecule has 1 heterocycles. The summed E-state index contributed by atoms with van der Waals surface area (Å²) < 4.78 is 5.52. The third kappa shape index (κ3) is 3.55. The van der Waals surface area contributed by atoms with Gasteiger partial charge in [-0.2, -0.15) is 0 Å². The average Bonchev–Trinajstić information content (AvgIpc) is 2.61. The first-order chi connectivity index (χ1) is 11.6. The molecule has 0 radical (unpaired) electrons. The molecular weight excluding hydrogens is 324 g/mol. The molecule has 126 valence electrons. The average molecular weight is 345 g/mol. The molecule has 0 spiro atoms. The molecule has 24 heavy (non-hydrogen) atoms. The van der Waals surface area contributed by atoms with E-state index in [-0.39, 0.29) is 11.3 Å². The molecule has 2 aromatic rings. The van der Waals surface area contributed by atoms with Crippen molar-refractivity contribution in [2.24, 2.45) is 0 Å². The highest BCUT2D eigenvalue weighted by Gasteiger charge is 2.36. The van der Waals surface area contributed by atoms with Gasteiger partial charge in [0.05, 0.1) is 0 Å². The second kappa shape index (κ2) is 7.24. The third-order valence-electron chi connectivity index (χ3n) is 4.63. The van der Waals surface area contributed by atoms with Crippen molar-refractivity contribution < 1.29 is 9.53 Å². The van der Waals surface area contributed by atoms with Gasteiger partial charge in [0.15, 0.2) is 0 Å². The zero-order valence-electron chi connectivity index (χ0n) is 13.4. The standard InChI is InChI=1S/C19H21ClN2O2/c20-17-7-2-1-6-16(17)19(8-10-24-11-9-19)13-22-18(23)14-4-3-5-15(21)12-14/h1-7,12H,8-11,13,21H2,(H,22,23). The fraction of sp³-hybridized carbons (Fsp3) is 0.316. The summed E-state index contributed by atoms with van der Waals surface area (Å²) in [7, 11) is 0. The van der Waals surface area contributed by atoms with E-state index >= 15 is 0 Å². The maximum absolute atomic E-state index is 12.5. The van der Waals surface area contributed by atoms with E-state index in [9.17, 15) is 4.79 Å². The monoisotopic (exact) mass is 344 g/mol. The predicted molar refractivity (Wildman–Crippen MR) is 96.4 cm³/mol. The van der Waals surface area contributed by atoms with Gasteiger partial charge in [0, 0.05) is 41.4 Å². The second-order valence-corrected chi connectivity index (χ2v) is 6.59. The van der Waals surface area contributed by atoms with Gasteiger partial charge in [-0.25, -0.2) is 0 Å². The van der Waals surface area contributed by atoms with Crippen molar-refractivity contribution in [1.29, 1.82) is 0 Å². The zero-order valence-corrected chi connectivity index (χ0v) is 14.2. The van der Waals surface area contributed by atoms with E-state index in [1.807, 2.05) is 24.3 Å². The van der Waals surface area contributed by atoms with Crippen LogP contribution < -0.4 is 11.1 Å². The fourth-order valence-electron chi connectivity index (χ4n) is 3.23. The number of nitrogens with one attached hydrogen (secondary N) is 1. The predicted octanol–water partition coefficient (Wildman–Crippen LogP) is 3.40. The number of halogens is 1. The van der Waals surface area contributed by atoms with Crippen LogP contribution in [0.3, 0.4) is 0 Å². The molecule has 3 rings (SSSR count). The second-order valence-electron chi connectivity index (χ2n) is 6.18. The Hall–Kier alpha value is -2.04. The first kappa shape index (κ1) is 16.8. The van der Waals surface area contributed by atoms with Crippen LogP contribution in [-0.2, 0) is 10.2 Å². The Balaban J connectivity index is 1.81. The van der Waals surface area contributed by atoms with E-state index in [4.69, 9.17) is 22.1 Å². The van der Waals surface area contributed by atoms with Crippen LogP contribution in [0.15, 0.2) is 48.5 Å². The van der Waals surface area contributed by atoms with Crippen LogP contribution in [0, 0.1) is 0 Å². The van der Waals surface area contributed by atoms with E-state index in [0.29, 0.717) is 31.0 Å². The Labute approximate surface area is 147 Å². The Bertz CT molecular complexity index is 727. The van der Waals surface area contributed by atoms with Crippen molar-refractivity contribution in [2.75, 3.05) is 25.5 Å². The normalized spacial score (nSPS) is 16.5. The summed E-state index contributed by atoms with van der Waals surface area (Å²) in [6, 6.07) is 14.8. The van der Waals surface area contributed by atoms with Gasteiger partial charge in [-0.3, -0.25) is 4.79 Å². The number of hydrogen-bond acceptors (Lipinski definition) is 3. The summed E-state index contributed by atoms with van der Waals surface area (Å²) in [5, 5.41) is 3.79. The Morgan fingerprint density at radius 3 is 2.62 bits per heavy atom. The molecule has 0 aliphatic carbocycles. The number of hydrogen-bond donors (Lipinski definition) is 2. The number of amides is 1. The van der Waals surface area contributed by atoms with Crippen molar-refractivity contribution in [2.45, 2.75) is 18.3 Å². The van der Waals surface area contributed by atoms with Gasteiger partial charge in [-0.15, -0.1) is 0 Å². The maximum atomic E-state index is 12.5. The number of carbonyl (C=O) groups is 1. The number of anilines is 1. The Morgan fingerprint density at radius 1 is 1.17 bits per heavy atom. The first-order valence-corrected chi connectivity index (χ1v) is 8.45. The van der Waals surface area contributed by atoms with Gasteiger partial charge in [0.25, 0.3) is 5.91 Å². The number of rotatable bonds is 4. The molecule has 4 nitrogen and oxygen atoms in total. The molecule has 5 heteroatoms. The van der Waals surface area contributed by atoms with Crippen LogP contribution in [0.2, 0.25) is 5.02 Å². The van der Waals surface area contributed by atoms with Crippen molar-refractivity contribution in [3.63, 3.8) is 0 Å². The van der Waals surface area contributed by atoms with E-state index in [1.165, 1.54) is 0 Å². The molecule has 2 aromatic carbocycles. The highest BCUT2D eigenvalue weighted by atomic mass is 35.5. The van der Waals surface area contributed by atoms with E-state index in [0.717, 1.165) is 23.4 Å². The number of nitrogens with two attached hydrogens (primary N) is 1. The van der Waals surface area contributed by atoms with Gasteiger partial charge in [0.2, 0.25) is 0 Å². The summed E-state index contributed by atoms with van der Waals surface area (Å²) in [4.78, 5) is 12.5. The number of benzene rings is 2. The van der Waals surface area contributed by atoms with Gasteiger partial charge >= 0.3 is 0 Å². The van der Waals surface area contributed by atoms with E-state index in [1.54, 1.807) is 24.3 Å². The van der Waals surface area contributed by atoms with Crippen LogP contribution >= 0.6 is 11.6 Å². The molecule has 0 saturated carbocycles. The van der Waals surface area contributed by atoms with Crippen LogP contribution in [0.4, 0.5) is 5.69 Å². The van der Waals surface area contributed by atoms with Gasteiger partial charge < -0.3 is 15.8 Å². The molecule has 1 aliphatic heterocycles. The highest BCUT2D eigenvalue weighted by molar-refractivity contribution is 6.31. The SMILES string of the molecule is Nc1cccc(C(=O)NCC2(c3ccccc3Cl)CCOCC2)c1. The molecule has 0 bridgehead atoms. The fourth-order valence-corrected chi connectivity index (χ4v) is 3.56. The Kier molecular flexibility index (Phi) is 5.07. The number of carbonyl (C=O) groups excluding carboxylic acids is 1. The van der Waals surface area contributed by atoms with Crippen molar-refractivity contribution in [3.8, 4) is 0 Å². The quantitative estimate of drug-likeness (QED) is 0.835. The third-order valence-corrected chi connectivity index (χ3v) is 4.96. The van der Waals surface area contributed by atoms with Crippen molar-refractivity contribution in [1.82, 2.24) is 5.32 Å². The number of nitrogen functional groups attached to an aromatic ring is 1. The van der Waals surface area contributed by atoms with E-state index in [2.05, 4.69) is 5.32 Å². The summed E-state index contributed by atoms with van der Waals surface area (Å²) in [5.41, 5.74) is 7.77. The highest BCUT2D eigenvalue weighted by Crippen LogP contribution is 2.38. The van der Waals surface area contributed by atoms with Gasteiger partial charge in [-0.1, -0.05) is 35.9 Å². The van der Waals surface area contributed by atoms with E-state index < -0.39 is 0 Å². The van der Waals surface area contributed by atoms with Crippen LogP contribution in [0.25, 0.3) is 0 Å². The van der Waals surface area contributed by atoms with Crippen LogP contribution in [-0.4, -0.2) is 25.7 Å². The lowest BCUT2D eigenvalue weighted by atomic mass is 9.74. The minimum Gasteiger partial charge on any atom is -0.399 e. The molecular formula is C19H21ClN2O2. The Morgan fingerprint density at radius 2 is 1.92 bits per heavy atom. The first-order valence-electron chi connectivity index (χ1n) is 8.07. The largest absolute Gasteiger partial charge is 0.399 e. The molecule has 0 unspecified atom stereocenters. The lowest BCUT2D eigenvalue weighted by molar-refractivity contribution is 0.0487. The molecule has 1 saturated heterocycles. The maximum Gasteiger partial charge on any atom is 0.251 e. The lowest BCUT2D eigenvalue weighted by Gasteiger charge is -2.38. The molecule has 1 aliphatic rings. The van der Waals surface area contributed by atoms with Crippen molar-refractivity contribution >= 4 is 23.2 Å². The summed E-state index contributed by atoms with van der Waals surface area (Å²) >= 11 is 6.43. The minimum absolute atomic E-state index is 0.125. The molecule has 3 N–H and O–H groups in total. The van der Waals surface area contributed by atoms with Crippen molar-refractivity contribution in [3.05, 3.63) is 64.7 Å². The summed E-state index contributed by atoms with van der Waals surface area (Å²) in [6.07, 6.45) is 1.65. The summed E-state index contributed by atoms with van der Waals surface area (Å²) in [6.45, 7) is 1.85. The van der Waals surface area contributed by atoms with Crippen LogP contribution in [0.1, 0.15) is 28.8 Å². The van der Waals surface area contributed by atoms with Gasteiger partial charge in [0.1, 0.15) is 0 Å². The topological polar surface area (TPSA) is 64.4 Å². The smallest absolute Gasteiger partial charge is 0.251 e. The lowest BCUT2D eigenvalue weighted by Crippen LogP contribution is -2.44. The zero-order chi connectivity index (χ0) is 17.0. The molecule has 0 atom stereocenters. The molecule has 0 aromatic heterocycles.